The summed E-state index contributed by atoms with van der Waals surface area (Å²) >= 11 is 0. The zero-order chi connectivity index (χ0) is 35.2. The van der Waals surface area contributed by atoms with Crippen LogP contribution >= 0.6 is 0 Å². The van der Waals surface area contributed by atoms with Crippen molar-refractivity contribution in [1.82, 2.24) is 20.0 Å². The van der Waals surface area contributed by atoms with Crippen LogP contribution in [0.25, 0.3) is 0 Å². The maximum atomic E-state index is 14.6. The first-order valence-electron chi connectivity index (χ1n) is 15.6. The van der Waals surface area contributed by atoms with Crippen molar-refractivity contribution in [3.63, 3.8) is 0 Å². The average molecular weight is 689 g/mol. The molecule has 0 radical (unpaired) electrons. The Balaban J connectivity index is 1.54. The fourth-order valence-electron chi connectivity index (χ4n) is 6.74. The molecule has 0 saturated carbocycles. The molecular weight excluding hydrogens is 658 g/mol. The van der Waals surface area contributed by atoms with E-state index in [9.17, 15) is 46.0 Å². The van der Waals surface area contributed by atoms with E-state index in [1.165, 1.54) is 21.7 Å². The summed E-state index contributed by atoms with van der Waals surface area (Å²) in [5, 5.41) is 16.8. The zero-order valence-electron chi connectivity index (χ0n) is 26.0. The Hall–Kier alpha value is -4.91. The Labute approximate surface area is 276 Å². The van der Waals surface area contributed by atoms with Gasteiger partial charge in [0.2, 0.25) is 0 Å². The molecule has 3 atom stereocenters. The van der Waals surface area contributed by atoms with Crippen LogP contribution in [0.4, 0.5) is 32.2 Å². The number of likely N-dealkylation sites (tertiary alicyclic amines) is 1. The minimum Gasteiger partial charge on any atom is -0.381 e. The number of nitrogens with zero attached hydrogens (tertiary/aromatic N) is 5. The van der Waals surface area contributed by atoms with Crippen molar-refractivity contribution in [3.05, 3.63) is 82.3 Å². The number of aromatic nitrogens is 2. The average Bonchev–Trinajstić information content (AvgIpc) is 3.62. The minimum atomic E-state index is -4.76. The minimum absolute atomic E-state index is 0.0109. The number of amides is 3. The van der Waals surface area contributed by atoms with Gasteiger partial charge in [0.15, 0.2) is 5.69 Å². The van der Waals surface area contributed by atoms with E-state index in [-0.39, 0.29) is 29.2 Å². The standard InChI is InChI=1S/C33H30F6N6O4/c1-2-43-29-25(27(42-45(29)22-10-12-49-13-11-22)31(48)44-17-32(35,36)15-23(44)16-40)24(18-6-8-21(34)9-7-18)26(30(43)47)41-28(46)19-4-3-5-20(14-19)33(37,38)39/h3-9,14,22-24,26H,2,10-13,15,17H2,1H3,(H,41,46)/t23-,24-,26-/m0/s1. The quantitative estimate of drug-likeness (QED) is 0.362. The second-order valence-corrected chi connectivity index (χ2v) is 12.2. The second kappa shape index (κ2) is 12.8. The summed E-state index contributed by atoms with van der Waals surface area (Å²) in [7, 11) is 0. The molecule has 0 aliphatic carbocycles. The topological polar surface area (TPSA) is 121 Å². The van der Waals surface area contributed by atoms with Crippen LogP contribution in [0.3, 0.4) is 0 Å². The van der Waals surface area contributed by atoms with Gasteiger partial charge in [0.1, 0.15) is 23.7 Å². The molecule has 2 saturated heterocycles. The molecule has 2 fully saturated rings. The van der Waals surface area contributed by atoms with Crippen LogP contribution in [0.1, 0.15) is 75.7 Å². The summed E-state index contributed by atoms with van der Waals surface area (Å²) < 4.78 is 90.8. The lowest BCUT2D eigenvalue weighted by molar-refractivity contribution is -0.137. The summed E-state index contributed by atoms with van der Waals surface area (Å²) in [6.45, 7) is 1.21. The number of carbonyl (C=O) groups excluding carboxylic acids is 3. The third kappa shape index (κ3) is 6.34. The van der Waals surface area contributed by atoms with E-state index < -0.39 is 83.8 Å². The van der Waals surface area contributed by atoms with E-state index in [1.54, 1.807) is 13.0 Å². The summed E-state index contributed by atoms with van der Waals surface area (Å²) in [5.74, 6) is -7.87. The third-order valence-corrected chi connectivity index (χ3v) is 9.06. The molecule has 16 heteroatoms. The van der Waals surface area contributed by atoms with E-state index >= 15 is 0 Å². The monoisotopic (exact) mass is 688 g/mol. The molecule has 4 heterocycles. The molecule has 0 bridgehead atoms. The molecule has 3 aliphatic rings. The first kappa shape index (κ1) is 34.0. The number of anilines is 1. The first-order valence-corrected chi connectivity index (χ1v) is 15.6. The largest absolute Gasteiger partial charge is 0.416 e. The maximum absolute atomic E-state index is 14.6. The highest BCUT2D eigenvalue weighted by Crippen LogP contribution is 2.46. The number of likely N-dealkylation sites (N-methyl/N-ethyl adjacent to an activating group) is 1. The number of hydrogen-bond acceptors (Lipinski definition) is 6. The molecule has 1 N–H and O–H groups in total. The summed E-state index contributed by atoms with van der Waals surface area (Å²) in [6.07, 6.45) is -4.81. The Kier molecular flexibility index (Phi) is 8.91. The highest BCUT2D eigenvalue weighted by molar-refractivity contribution is 6.07. The number of hydrogen-bond donors (Lipinski definition) is 1. The van der Waals surface area contributed by atoms with Gasteiger partial charge < -0.3 is 15.0 Å². The summed E-state index contributed by atoms with van der Waals surface area (Å²) in [6, 6.07) is 6.72. The highest BCUT2D eigenvalue weighted by Gasteiger charge is 2.52. The van der Waals surface area contributed by atoms with Gasteiger partial charge in [-0.2, -0.15) is 23.5 Å². The molecule has 10 nitrogen and oxygen atoms in total. The zero-order valence-corrected chi connectivity index (χ0v) is 26.0. The Morgan fingerprint density at radius 3 is 2.45 bits per heavy atom. The van der Waals surface area contributed by atoms with E-state index in [1.807, 2.05) is 0 Å². The van der Waals surface area contributed by atoms with Gasteiger partial charge in [-0.1, -0.05) is 18.2 Å². The van der Waals surface area contributed by atoms with Crippen LogP contribution < -0.4 is 10.2 Å². The Morgan fingerprint density at radius 1 is 1.12 bits per heavy atom. The van der Waals surface area contributed by atoms with Crippen LogP contribution in [0.5, 0.6) is 0 Å². The third-order valence-electron chi connectivity index (χ3n) is 9.06. The van der Waals surface area contributed by atoms with Crippen molar-refractivity contribution in [3.8, 4) is 6.07 Å². The SMILES string of the molecule is CCN1C(=O)[C@@H](NC(=O)c2cccc(C(F)(F)F)c2)[C@@H](c2ccc(F)cc2)c2c(C(=O)N3CC(F)(F)C[C@H]3C#N)nn(C3CCOCC3)c21. The molecule has 0 unspecified atom stereocenters. The molecule has 3 aromatic rings. The Bertz CT molecular complexity index is 1810. The van der Waals surface area contributed by atoms with Gasteiger partial charge in [-0.25, -0.2) is 17.9 Å². The fourth-order valence-corrected chi connectivity index (χ4v) is 6.74. The number of benzene rings is 2. The van der Waals surface area contributed by atoms with Crippen LogP contribution in [0.15, 0.2) is 48.5 Å². The van der Waals surface area contributed by atoms with E-state index in [0.29, 0.717) is 32.1 Å². The molecule has 258 valence electrons. The number of nitrogens with one attached hydrogen (secondary N) is 1. The molecule has 3 amide bonds. The van der Waals surface area contributed by atoms with Gasteiger partial charge in [-0.3, -0.25) is 19.3 Å². The van der Waals surface area contributed by atoms with Gasteiger partial charge in [0.05, 0.1) is 24.2 Å². The van der Waals surface area contributed by atoms with Crippen molar-refractivity contribution in [2.75, 3.05) is 31.2 Å². The maximum Gasteiger partial charge on any atom is 0.416 e. The first-order chi connectivity index (χ1) is 23.2. The van der Waals surface area contributed by atoms with Gasteiger partial charge in [0.25, 0.3) is 23.6 Å². The van der Waals surface area contributed by atoms with Crippen molar-refractivity contribution < 1.29 is 45.5 Å². The predicted molar refractivity (Wildman–Crippen MR) is 160 cm³/mol. The van der Waals surface area contributed by atoms with E-state index in [0.717, 1.165) is 35.2 Å². The van der Waals surface area contributed by atoms with Crippen molar-refractivity contribution in [1.29, 1.82) is 5.26 Å². The van der Waals surface area contributed by atoms with Crippen molar-refractivity contribution in [2.45, 2.75) is 62.3 Å². The van der Waals surface area contributed by atoms with Crippen molar-refractivity contribution >= 4 is 23.5 Å². The normalized spacial score (nSPS) is 22.5. The van der Waals surface area contributed by atoms with Crippen LogP contribution in [0.2, 0.25) is 0 Å². The lowest BCUT2D eigenvalue weighted by Crippen LogP contribution is -2.56. The molecule has 3 aliphatic heterocycles. The molecule has 2 aromatic carbocycles. The number of rotatable bonds is 6. The molecule has 1 aromatic heterocycles. The lowest BCUT2D eigenvalue weighted by Gasteiger charge is -2.39. The number of carbonyl (C=O) groups is 3. The number of ether oxygens (including phenoxy) is 1. The van der Waals surface area contributed by atoms with Gasteiger partial charge in [-0.15, -0.1) is 0 Å². The van der Waals surface area contributed by atoms with E-state index in [2.05, 4.69) is 10.4 Å². The second-order valence-electron chi connectivity index (χ2n) is 12.2. The molecular formula is C33H30F6N6O4. The molecule has 0 spiro atoms. The lowest BCUT2D eigenvalue weighted by atomic mass is 9.80. The van der Waals surface area contributed by atoms with E-state index in [4.69, 9.17) is 4.74 Å². The van der Waals surface area contributed by atoms with Crippen LogP contribution in [-0.2, 0) is 15.7 Å². The van der Waals surface area contributed by atoms with Crippen LogP contribution in [-0.4, -0.2) is 76.7 Å². The summed E-state index contributed by atoms with van der Waals surface area (Å²) in [5.41, 5.74) is -1.56. The van der Waals surface area contributed by atoms with Gasteiger partial charge >= 0.3 is 6.18 Å². The summed E-state index contributed by atoms with van der Waals surface area (Å²) in [4.78, 5) is 44.2. The number of fused-ring (bicyclic) bond motifs is 1. The predicted octanol–water partition coefficient (Wildman–Crippen LogP) is 5.06. The number of nitriles is 1. The Morgan fingerprint density at radius 2 is 1.82 bits per heavy atom. The number of halogens is 6. The van der Waals surface area contributed by atoms with Gasteiger partial charge in [-0.05, 0) is 55.7 Å². The highest BCUT2D eigenvalue weighted by atomic mass is 19.4. The number of alkyl halides is 5. The van der Waals surface area contributed by atoms with Crippen LogP contribution in [0, 0.1) is 17.1 Å². The van der Waals surface area contributed by atoms with Gasteiger partial charge in [0, 0.05) is 43.2 Å². The molecule has 6 rings (SSSR count). The molecule has 49 heavy (non-hydrogen) atoms. The van der Waals surface area contributed by atoms with Crippen molar-refractivity contribution in [2.24, 2.45) is 0 Å². The fraction of sp³-hybridized carbons (Fsp3) is 0.424. The smallest absolute Gasteiger partial charge is 0.381 e.